The van der Waals surface area contributed by atoms with Crippen LogP contribution in [0, 0.1) is 13.8 Å². The van der Waals surface area contributed by atoms with Gasteiger partial charge in [-0.1, -0.05) is 320 Å². The van der Waals surface area contributed by atoms with Gasteiger partial charge in [0.15, 0.2) is 0 Å². The first-order valence-electron chi connectivity index (χ1n) is 39.1. The van der Waals surface area contributed by atoms with E-state index in [9.17, 15) is 0 Å². The van der Waals surface area contributed by atoms with Crippen LogP contribution in [0.3, 0.4) is 0 Å². The van der Waals surface area contributed by atoms with Crippen molar-refractivity contribution in [3.05, 3.63) is 370 Å². The molecule has 0 atom stereocenters. The van der Waals surface area contributed by atoms with Gasteiger partial charge < -0.3 is 19.6 Å². The maximum Gasteiger partial charge on any atom is 0.0561 e. The highest BCUT2D eigenvalue weighted by Crippen LogP contribution is 2.56. The van der Waals surface area contributed by atoms with E-state index in [1.165, 1.54) is 55.6 Å². The minimum Gasteiger partial charge on any atom is -0.310 e. The molecule has 0 aliphatic heterocycles. The number of halogens is 2. The van der Waals surface area contributed by atoms with Gasteiger partial charge >= 0.3 is 0 Å². The molecular weight excluding hydrogens is 1490 g/mol. The Morgan fingerprint density at radius 1 is 0.188 bits per heavy atom. The highest BCUT2D eigenvalue weighted by atomic mass is 79.9. The molecule has 0 heterocycles. The maximum atomic E-state index is 3.86. The third kappa shape index (κ3) is 15.0. The lowest BCUT2D eigenvalue weighted by Gasteiger charge is -2.34. The standard InChI is InChI=1S/C106H96Br2N4/c1-69-15-47-85(48-16-69)109(91-59-43-83(107)44-60-91)97-67-99(111(87-51-27-75(28-52-87)71-19-35-79(36-20-71)103(3,4)5)88-53-29-76(30-54-88)72-21-37-80(38-22-72)104(6,7)8)95-66-64-94-98(110(86-49-17-70(2)18-50-86)92-61-45-84(108)46-62-92)68-100(96-65-63-93(97)101(95)102(94)96)112(89-55-31-77(32-56-89)73-23-39-81(40-24-73)105(9,10)11)90-57-33-78(34-58-90)74-25-41-82(42-26-74)106(12,13)14/h15-68H,1-14H3. The summed E-state index contributed by atoms with van der Waals surface area (Å²) in [5.41, 5.74) is 29.4. The molecule has 6 heteroatoms. The Balaban J connectivity index is 1.02. The first kappa shape index (κ1) is 74.8. The zero-order chi connectivity index (χ0) is 78.1. The second-order valence-corrected chi connectivity index (χ2v) is 36.2. The zero-order valence-electron chi connectivity index (χ0n) is 66.7. The topological polar surface area (TPSA) is 13.0 Å². The second-order valence-electron chi connectivity index (χ2n) is 34.4. The van der Waals surface area contributed by atoms with E-state index >= 15 is 0 Å². The quantitative estimate of drug-likeness (QED) is 0.0894. The van der Waals surface area contributed by atoms with E-state index in [4.69, 9.17) is 0 Å². The third-order valence-corrected chi connectivity index (χ3v) is 23.4. The van der Waals surface area contributed by atoms with Crippen LogP contribution in [-0.4, -0.2) is 0 Å². The molecule has 0 fully saturated rings. The fourth-order valence-corrected chi connectivity index (χ4v) is 16.3. The Morgan fingerprint density at radius 2 is 0.339 bits per heavy atom. The van der Waals surface area contributed by atoms with Gasteiger partial charge in [0.1, 0.15) is 0 Å². The summed E-state index contributed by atoms with van der Waals surface area (Å²) in [5, 5.41) is 6.69. The second kappa shape index (κ2) is 29.8. The average molecular weight is 1590 g/mol. The molecule has 16 rings (SSSR count). The highest BCUT2D eigenvalue weighted by Gasteiger charge is 2.31. The van der Waals surface area contributed by atoms with Gasteiger partial charge in [-0.3, -0.25) is 0 Å². The Bertz CT molecular complexity index is 5350. The fourth-order valence-electron chi connectivity index (χ4n) is 15.8. The van der Waals surface area contributed by atoms with Crippen molar-refractivity contribution in [1.29, 1.82) is 0 Å². The van der Waals surface area contributed by atoms with Crippen LogP contribution in [0.4, 0.5) is 68.2 Å². The van der Waals surface area contributed by atoms with Crippen molar-refractivity contribution in [3.8, 4) is 44.5 Å². The number of hydrogen-bond donors (Lipinski definition) is 0. The van der Waals surface area contributed by atoms with E-state index in [0.29, 0.717) is 0 Å². The Morgan fingerprint density at radius 3 is 0.509 bits per heavy atom. The van der Waals surface area contributed by atoms with Gasteiger partial charge in [-0.25, -0.2) is 0 Å². The van der Waals surface area contributed by atoms with Crippen LogP contribution in [0.15, 0.2) is 337 Å². The first-order valence-corrected chi connectivity index (χ1v) is 40.7. The lowest BCUT2D eigenvalue weighted by atomic mass is 9.86. The van der Waals surface area contributed by atoms with Gasteiger partial charge in [0.25, 0.3) is 0 Å². The van der Waals surface area contributed by atoms with Gasteiger partial charge in [0.2, 0.25) is 0 Å². The molecule has 16 aromatic rings. The van der Waals surface area contributed by atoms with Crippen LogP contribution >= 0.6 is 31.9 Å². The predicted molar refractivity (Wildman–Crippen MR) is 490 cm³/mol. The monoisotopic (exact) mass is 1580 g/mol. The van der Waals surface area contributed by atoms with Gasteiger partial charge in [0.05, 0.1) is 22.7 Å². The molecule has 0 aliphatic carbocycles. The molecule has 0 unspecified atom stereocenters. The molecule has 0 aliphatic rings. The van der Waals surface area contributed by atoms with E-state index in [2.05, 4.69) is 476 Å². The molecule has 0 N–H and O–H groups in total. The Kier molecular flexibility index (Phi) is 19.9. The molecule has 554 valence electrons. The van der Waals surface area contributed by atoms with Crippen molar-refractivity contribution in [2.24, 2.45) is 0 Å². The van der Waals surface area contributed by atoms with Gasteiger partial charge in [-0.05, 0) is 236 Å². The molecule has 0 aromatic heterocycles. The molecule has 0 saturated heterocycles. The van der Waals surface area contributed by atoms with E-state index in [1.54, 1.807) is 0 Å². The number of rotatable bonds is 16. The smallest absolute Gasteiger partial charge is 0.0561 e. The van der Waals surface area contributed by atoms with Crippen LogP contribution in [0.25, 0.3) is 76.8 Å². The third-order valence-electron chi connectivity index (χ3n) is 22.4. The van der Waals surface area contributed by atoms with Crippen LogP contribution in [0.5, 0.6) is 0 Å². The summed E-state index contributed by atoms with van der Waals surface area (Å²) in [5.74, 6) is 0. The normalized spacial score (nSPS) is 12.1. The molecule has 4 nitrogen and oxygen atoms in total. The van der Waals surface area contributed by atoms with E-state index in [-0.39, 0.29) is 21.7 Å². The summed E-state index contributed by atoms with van der Waals surface area (Å²) < 4.78 is 2.01. The largest absolute Gasteiger partial charge is 0.310 e. The summed E-state index contributed by atoms with van der Waals surface area (Å²) in [6.07, 6.45) is 0. The summed E-state index contributed by atoms with van der Waals surface area (Å²) >= 11 is 7.73. The molecule has 0 amide bonds. The summed E-state index contributed by atoms with van der Waals surface area (Å²) in [7, 11) is 0. The van der Waals surface area contributed by atoms with Crippen molar-refractivity contribution in [2.45, 2.75) is 119 Å². The molecule has 0 bridgehead atoms. The number of nitrogens with zero attached hydrogens (tertiary/aromatic N) is 4. The Hall–Kier alpha value is -11.3. The predicted octanol–water partition coefficient (Wildman–Crippen LogP) is 32.5. The lowest BCUT2D eigenvalue weighted by molar-refractivity contribution is 0.590. The average Bonchev–Trinajstić information content (AvgIpc) is 0.699. The number of hydrogen-bond acceptors (Lipinski definition) is 4. The summed E-state index contributed by atoms with van der Waals surface area (Å²) in [6.45, 7) is 31.7. The van der Waals surface area contributed by atoms with E-state index in [1.807, 2.05) is 0 Å². The van der Waals surface area contributed by atoms with Crippen molar-refractivity contribution < 1.29 is 0 Å². The van der Waals surface area contributed by atoms with Crippen molar-refractivity contribution in [2.75, 3.05) is 19.6 Å². The fraction of sp³-hybridized carbons (Fsp3) is 0.170. The minimum atomic E-state index is 0.0296. The number of anilines is 12. The van der Waals surface area contributed by atoms with Crippen molar-refractivity contribution in [1.82, 2.24) is 0 Å². The molecule has 0 saturated carbocycles. The van der Waals surface area contributed by atoms with Crippen LogP contribution in [0.1, 0.15) is 116 Å². The van der Waals surface area contributed by atoms with Crippen LogP contribution < -0.4 is 19.6 Å². The SMILES string of the molecule is Cc1ccc(N(c2ccc(Br)cc2)c2cc(N(c3ccc(-c4ccc(C(C)(C)C)cc4)cc3)c3ccc(-c4ccc(C(C)(C)C)cc4)cc3)c3ccc4c(N(c5ccc(C)cc5)c5ccc(Br)cc5)cc(N(c5ccc(-c6ccc(C(C)(C)C)cc6)cc5)c5ccc(-c6ccc(C(C)(C)C)cc6)cc5)c5ccc2c3c45)cc1. The first-order chi connectivity index (χ1) is 53.7. The minimum absolute atomic E-state index is 0.0296. The van der Waals surface area contributed by atoms with Crippen molar-refractivity contribution >= 4 is 132 Å². The van der Waals surface area contributed by atoms with E-state index in [0.717, 1.165) is 132 Å². The molecule has 0 spiro atoms. The zero-order valence-corrected chi connectivity index (χ0v) is 69.9. The summed E-state index contributed by atoms with van der Waals surface area (Å²) in [4.78, 5) is 9.96. The van der Waals surface area contributed by atoms with Crippen LogP contribution in [0.2, 0.25) is 0 Å². The summed E-state index contributed by atoms with van der Waals surface area (Å²) in [6, 6.07) is 124. The number of benzene rings is 16. The molecular formula is C106H96Br2N4. The lowest BCUT2D eigenvalue weighted by Crippen LogP contribution is -2.16. The number of aryl methyl sites for hydroxylation is 2. The highest BCUT2D eigenvalue weighted by molar-refractivity contribution is 9.10. The molecule has 0 radical (unpaired) electrons. The Labute approximate surface area is 679 Å². The van der Waals surface area contributed by atoms with E-state index < -0.39 is 0 Å². The maximum absolute atomic E-state index is 3.86. The van der Waals surface area contributed by atoms with Crippen molar-refractivity contribution in [3.63, 3.8) is 0 Å². The molecule has 16 aromatic carbocycles. The van der Waals surface area contributed by atoms with Gasteiger partial charge in [-0.2, -0.15) is 0 Å². The van der Waals surface area contributed by atoms with Gasteiger partial charge in [-0.15, -0.1) is 0 Å². The van der Waals surface area contributed by atoms with Crippen LogP contribution in [-0.2, 0) is 21.7 Å². The molecule has 112 heavy (non-hydrogen) atoms. The van der Waals surface area contributed by atoms with Gasteiger partial charge in [0, 0.05) is 86.8 Å².